The fourth-order valence-corrected chi connectivity index (χ4v) is 5.09. The van der Waals surface area contributed by atoms with E-state index in [0.29, 0.717) is 12.8 Å². The van der Waals surface area contributed by atoms with E-state index < -0.39 is 23.8 Å². The van der Waals surface area contributed by atoms with Crippen molar-refractivity contribution in [2.24, 2.45) is 11.8 Å². The first kappa shape index (κ1) is 21.1. The standard InChI is InChI=1S/C25H30O4/c1-5-17(24(26)27)14(3)19-11-12-21-20-10-8-7-9-16(20)13-22(21)23(19)15(4)18(6-2)25(28)29/h7-12,14-15,17-18H,5-6,13H2,1-4H3,(H,26,27)(H,28,29). The highest BCUT2D eigenvalue weighted by atomic mass is 16.4. The van der Waals surface area contributed by atoms with Crippen LogP contribution in [-0.2, 0) is 16.0 Å². The van der Waals surface area contributed by atoms with Crippen molar-refractivity contribution in [1.29, 1.82) is 0 Å². The normalized spacial score (nSPS) is 16.4. The van der Waals surface area contributed by atoms with E-state index in [1.54, 1.807) is 0 Å². The Bertz CT molecular complexity index is 930. The molecule has 2 N–H and O–H groups in total. The molecule has 0 saturated heterocycles. The van der Waals surface area contributed by atoms with E-state index in [1.807, 2.05) is 45.9 Å². The molecule has 3 rings (SSSR count). The predicted octanol–water partition coefficient (Wildman–Crippen LogP) is 5.69. The van der Waals surface area contributed by atoms with Crippen LogP contribution in [0, 0.1) is 11.8 Å². The van der Waals surface area contributed by atoms with Crippen LogP contribution >= 0.6 is 0 Å². The summed E-state index contributed by atoms with van der Waals surface area (Å²) in [5, 5.41) is 19.5. The number of carboxylic acids is 2. The topological polar surface area (TPSA) is 74.6 Å². The van der Waals surface area contributed by atoms with E-state index in [4.69, 9.17) is 0 Å². The van der Waals surface area contributed by atoms with Gasteiger partial charge in [0.1, 0.15) is 0 Å². The smallest absolute Gasteiger partial charge is 0.307 e. The molecule has 0 heterocycles. The second-order valence-electron chi connectivity index (χ2n) is 8.21. The lowest BCUT2D eigenvalue weighted by molar-refractivity contribution is -0.143. The van der Waals surface area contributed by atoms with Gasteiger partial charge in [-0.3, -0.25) is 9.59 Å². The van der Waals surface area contributed by atoms with Gasteiger partial charge in [0, 0.05) is 0 Å². The molecule has 0 amide bonds. The van der Waals surface area contributed by atoms with Crippen molar-refractivity contribution < 1.29 is 19.8 Å². The van der Waals surface area contributed by atoms with E-state index in [2.05, 4.69) is 18.2 Å². The lowest BCUT2D eigenvalue weighted by atomic mass is 9.74. The molecule has 4 nitrogen and oxygen atoms in total. The summed E-state index contributed by atoms with van der Waals surface area (Å²) in [6.45, 7) is 7.75. The molecule has 154 valence electrons. The van der Waals surface area contributed by atoms with Gasteiger partial charge >= 0.3 is 11.9 Å². The quantitative estimate of drug-likeness (QED) is 0.515. The zero-order valence-electron chi connectivity index (χ0n) is 17.6. The second-order valence-corrected chi connectivity index (χ2v) is 8.21. The van der Waals surface area contributed by atoms with Gasteiger partial charge in [0.25, 0.3) is 0 Å². The highest BCUT2D eigenvalue weighted by Crippen LogP contribution is 2.46. The minimum absolute atomic E-state index is 0.185. The summed E-state index contributed by atoms with van der Waals surface area (Å²) in [6.07, 6.45) is 1.85. The maximum Gasteiger partial charge on any atom is 0.307 e. The van der Waals surface area contributed by atoms with E-state index in [9.17, 15) is 19.8 Å². The Hall–Kier alpha value is -2.62. The molecular formula is C25H30O4. The van der Waals surface area contributed by atoms with Crippen LogP contribution in [0.15, 0.2) is 36.4 Å². The molecule has 4 atom stereocenters. The van der Waals surface area contributed by atoms with Crippen LogP contribution in [-0.4, -0.2) is 22.2 Å². The second kappa shape index (κ2) is 8.40. The molecular weight excluding hydrogens is 364 g/mol. The minimum atomic E-state index is -0.798. The SMILES string of the molecule is CCC(C(=O)O)C(C)c1ccc2c(c1C(C)C(CC)C(=O)O)Cc1ccccc1-2. The average molecular weight is 395 g/mol. The van der Waals surface area contributed by atoms with Crippen molar-refractivity contribution in [2.45, 2.75) is 58.8 Å². The highest BCUT2D eigenvalue weighted by molar-refractivity contribution is 5.80. The highest BCUT2D eigenvalue weighted by Gasteiger charge is 2.34. The van der Waals surface area contributed by atoms with Gasteiger partial charge in [-0.2, -0.15) is 0 Å². The first-order chi connectivity index (χ1) is 13.8. The Morgan fingerprint density at radius 3 is 2.03 bits per heavy atom. The van der Waals surface area contributed by atoms with E-state index >= 15 is 0 Å². The summed E-state index contributed by atoms with van der Waals surface area (Å²) < 4.78 is 0. The van der Waals surface area contributed by atoms with Crippen molar-refractivity contribution in [3.63, 3.8) is 0 Å². The molecule has 0 bridgehead atoms. The van der Waals surface area contributed by atoms with E-state index in [-0.39, 0.29) is 11.8 Å². The van der Waals surface area contributed by atoms with Crippen LogP contribution in [0.25, 0.3) is 11.1 Å². The third kappa shape index (κ3) is 3.68. The summed E-state index contributed by atoms with van der Waals surface area (Å²) in [7, 11) is 0. The number of carbonyl (C=O) groups is 2. The molecule has 4 heteroatoms. The number of aliphatic carboxylic acids is 2. The van der Waals surface area contributed by atoms with Gasteiger partial charge in [0.05, 0.1) is 11.8 Å². The molecule has 0 radical (unpaired) electrons. The van der Waals surface area contributed by atoms with Gasteiger partial charge in [0.2, 0.25) is 0 Å². The van der Waals surface area contributed by atoms with Gasteiger partial charge in [-0.25, -0.2) is 0 Å². The third-order valence-corrected chi connectivity index (χ3v) is 6.73. The molecule has 1 aliphatic carbocycles. The van der Waals surface area contributed by atoms with Gasteiger partial charge in [0.15, 0.2) is 0 Å². The molecule has 1 aliphatic rings. The molecule has 29 heavy (non-hydrogen) atoms. The van der Waals surface area contributed by atoms with Crippen LogP contribution in [0.3, 0.4) is 0 Å². The number of carboxylic acid groups (broad SMARTS) is 2. The Morgan fingerprint density at radius 2 is 1.45 bits per heavy atom. The molecule has 0 aromatic heterocycles. The molecule has 0 aliphatic heterocycles. The number of rotatable bonds is 8. The van der Waals surface area contributed by atoms with Crippen molar-refractivity contribution in [2.75, 3.05) is 0 Å². The third-order valence-electron chi connectivity index (χ3n) is 6.73. The first-order valence-corrected chi connectivity index (χ1v) is 10.5. The van der Waals surface area contributed by atoms with Gasteiger partial charge < -0.3 is 10.2 Å². The van der Waals surface area contributed by atoms with Crippen LogP contribution in [0.5, 0.6) is 0 Å². The predicted molar refractivity (Wildman–Crippen MR) is 114 cm³/mol. The van der Waals surface area contributed by atoms with E-state index in [0.717, 1.165) is 23.1 Å². The Kier molecular flexibility index (Phi) is 6.11. The van der Waals surface area contributed by atoms with Gasteiger partial charge in [-0.15, -0.1) is 0 Å². The molecule has 2 aromatic rings. The molecule has 4 unspecified atom stereocenters. The number of benzene rings is 2. The Labute approximate surface area is 172 Å². The van der Waals surface area contributed by atoms with E-state index in [1.165, 1.54) is 16.7 Å². The zero-order chi connectivity index (χ0) is 21.3. The maximum absolute atomic E-state index is 11.9. The van der Waals surface area contributed by atoms with Crippen LogP contribution in [0.2, 0.25) is 0 Å². The Morgan fingerprint density at radius 1 is 0.862 bits per heavy atom. The number of hydrogen-bond donors (Lipinski definition) is 2. The number of fused-ring (bicyclic) bond motifs is 3. The lowest BCUT2D eigenvalue weighted by Gasteiger charge is -2.29. The first-order valence-electron chi connectivity index (χ1n) is 10.5. The van der Waals surface area contributed by atoms with Crippen molar-refractivity contribution in [1.82, 2.24) is 0 Å². The summed E-state index contributed by atoms with van der Waals surface area (Å²) in [5.74, 6) is -2.96. The van der Waals surface area contributed by atoms with Crippen molar-refractivity contribution in [3.05, 3.63) is 58.7 Å². The summed E-state index contributed by atoms with van der Waals surface area (Å²) in [6, 6.07) is 12.4. The fraction of sp³-hybridized carbons (Fsp3) is 0.440. The largest absolute Gasteiger partial charge is 0.481 e. The van der Waals surface area contributed by atoms with Crippen molar-refractivity contribution in [3.8, 4) is 11.1 Å². The number of hydrogen-bond acceptors (Lipinski definition) is 2. The van der Waals surface area contributed by atoms with Crippen LogP contribution < -0.4 is 0 Å². The summed E-state index contributed by atoms with van der Waals surface area (Å²) in [5.41, 5.74) is 6.79. The fourth-order valence-electron chi connectivity index (χ4n) is 5.09. The average Bonchev–Trinajstić information content (AvgIpc) is 3.06. The molecule has 0 saturated carbocycles. The summed E-state index contributed by atoms with van der Waals surface area (Å²) in [4.78, 5) is 23.8. The zero-order valence-corrected chi connectivity index (χ0v) is 17.6. The maximum atomic E-state index is 11.9. The minimum Gasteiger partial charge on any atom is -0.481 e. The van der Waals surface area contributed by atoms with Crippen molar-refractivity contribution >= 4 is 11.9 Å². The summed E-state index contributed by atoms with van der Waals surface area (Å²) >= 11 is 0. The molecule has 0 fully saturated rings. The monoisotopic (exact) mass is 394 g/mol. The van der Waals surface area contributed by atoms with Crippen LogP contribution in [0.4, 0.5) is 0 Å². The van der Waals surface area contributed by atoms with Gasteiger partial charge in [-0.05, 0) is 64.5 Å². The molecule has 2 aromatic carbocycles. The lowest BCUT2D eigenvalue weighted by Crippen LogP contribution is -2.25. The Balaban J connectivity index is 2.21. The van der Waals surface area contributed by atoms with Gasteiger partial charge in [-0.1, -0.05) is 64.1 Å². The molecule has 0 spiro atoms. The van der Waals surface area contributed by atoms with Crippen LogP contribution in [0.1, 0.15) is 74.6 Å².